The fourth-order valence-electron chi connectivity index (χ4n) is 2.27. The lowest BCUT2D eigenvalue weighted by molar-refractivity contribution is 0.0850. The van der Waals surface area contributed by atoms with Crippen molar-refractivity contribution in [2.24, 2.45) is 5.84 Å². The Bertz CT molecular complexity index is 633. The van der Waals surface area contributed by atoms with Crippen LogP contribution in [0, 0.1) is 0 Å². The highest BCUT2D eigenvalue weighted by molar-refractivity contribution is 5.41. The number of ether oxygens (including phenoxy) is 2. The number of benzene rings is 1. The molecule has 0 amide bonds. The second-order valence-corrected chi connectivity index (χ2v) is 4.86. The number of para-hydroxylation sites is 2. The molecule has 6 nitrogen and oxygen atoms in total. The van der Waals surface area contributed by atoms with E-state index >= 15 is 0 Å². The van der Waals surface area contributed by atoms with Gasteiger partial charge in [-0.05, 0) is 18.6 Å². The molecule has 2 heterocycles. The normalized spacial score (nSPS) is 16.6. The Labute approximate surface area is 123 Å². The molecular formula is C15H18N4O2. The van der Waals surface area contributed by atoms with Crippen molar-refractivity contribution in [3.63, 3.8) is 0 Å². The van der Waals surface area contributed by atoms with Gasteiger partial charge < -0.3 is 14.9 Å². The van der Waals surface area contributed by atoms with Gasteiger partial charge in [0.1, 0.15) is 12.4 Å². The molecule has 0 saturated carbocycles. The fraction of sp³-hybridized carbons (Fsp3) is 0.333. The molecule has 3 rings (SSSR count). The zero-order chi connectivity index (χ0) is 14.7. The number of nitrogens with one attached hydrogen (secondary N) is 1. The molecule has 1 unspecified atom stereocenters. The molecule has 1 aromatic heterocycles. The molecule has 1 aliphatic heterocycles. The zero-order valence-electron chi connectivity index (χ0n) is 11.9. The Morgan fingerprint density at radius 1 is 1.29 bits per heavy atom. The van der Waals surface area contributed by atoms with E-state index in [1.54, 1.807) is 0 Å². The maximum atomic E-state index is 5.93. The molecule has 2 aromatic rings. The fourth-order valence-corrected chi connectivity index (χ4v) is 2.27. The maximum absolute atomic E-state index is 5.93. The maximum Gasteiger partial charge on any atom is 0.192 e. The van der Waals surface area contributed by atoms with Crippen LogP contribution in [0.3, 0.4) is 0 Å². The van der Waals surface area contributed by atoms with Crippen molar-refractivity contribution in [3.05, 3.63) is 41.9 Å². The van der Waals surface area contributed by atoms with Crippen molar-refractivity contribution in [2.45, 2.75) is 25.9 Å². The van der Waals surface area contributed by atoms with E-state index < -0.39 is 0 Å². The van der Waals surface area contributed by atoms with E-state index in [0.29, 0.717) is 24.0 Å². The summed E-state index contributed by atoms with van der Waals surface area (Å²) in [7, 11) is 0. The molecule has 1 aromatic carbocycles. The second-order valence-electron chi connectivity index (χ2n) is 4.86. The molecule has 21 heavy (non-hydrogen) atoms. The SMILES string of the molecule is CCCc1cc(NN)nc(C2COc3ccccc3O2)n1. The summed E-state index contributed by atoms with van der Waals surface area (Å²) in [5.41, 5.74) is 3.52. The highest BCUT2D eigenvalue weighted by Crippen LogP contribution is 2.35. The number of nitrogens with zero attached hydrogens (tertiary/aromatic N) is 2. The van der Waals surface area contributed by atoms with E-state index in [9.17, 15) is 0 Å². The summed E-state index contributed by atoms with van der Waals surface area (Å²) in [6, 6.07) is 9.43. The third-order valence-corrected chi connectivity index (χ3v) is 3.25. The minimum absolute atomic E-state index is 0.330. The third-order valence-electron chi connectivity index (χ3n) is 3.25. The predicted molar refractivity (Wildman–Crippen MR) is 79.1 cm³/mol. The van der Waals surface area contributed by atoms with Crippen LogP contribution >= 0.6 is 0 Å². The number of fused-ring (bicyclic) bond motifs is 1. The van der Waals surface area contributed by atoms with Crippen molar-refractivity contribution in [3.8, 4) is 11.5 Å². The standard InChI is InChI=1S/C15H18N4O2/c1-2-5-10-8-14(19-16)18-15(17-10)13-9-20-11-6-3-4-7-12(11)21-13/h3-4,6-8,13H,2,5,9,16H2,1H3,(H,17,18,19). The summed E-state index contributed by atoms with van der Waals surface area (Å²) in [5, 5.41) is 0. The van der Waals surface area contributed by atoms with Gasteiger partial charge in [-0.15, -0.1) is 0 Å². The number of rotatable bonds is 4. The van der Waals surface area contributed by atoms with Crippen molar-refractivity contribution in [1.82, 2.24) is 9.97 Å². The first kappa shape index (κ1) is 13.6. The Balaban J connectivity index is 1.89. The van der Waals surface area contributed by atoms with E-state index in [1.165, 1.54) is 0 Å². The van der Waals surface area contributed by atoms with Crippen LogP contribution in [0.5, 0.6) is 11.5 Å². The smallest absolute Gasteiger partial charge is 0.192 e. The van der Waals surface area contributed by atoms with Crippen LogP contribution in [-0.4, -0.2) is 16.6 Å². The van der Waals surface area contributed by atoms with Gasteiger partial charge in [0.2, 0.25) is 0 Å². The Kier molecular flexibility index (Phi) is 3.87. The number of anilines is 1. The third kappa shape index (κ3) is 2.90. The van der Waals surface area contributed by atoms with Gasteiger partial charge >= 0.3 is 0 Å². The number of aromatic nitrogens is 2. The van der Waals surface area contributed by atoms with Crippen LogP contribution < -0.4 is 20.7 Å². The van der Waals surface area contributed by atoms with Gasteiger partial charge in [0.25, 0.3) is 0 Å². The van der Waals surface area contributed by atoms with E-state index in [1.807, 2.05) is 30.3 Å². The molecule has 0 aliphatic carbocycles. The summed E-state index contributed by atoms with van der Waals surface area (Å²) >= 11 is 0. The molecule has 0 bridgehead atoms. The highest BCUT2D eigenvalue weighted by atomic mass is 16.6. The zero-order valence-corrected chi connectivity index (χ0v) is 11.9. The summed E-state index contributed by atoms with van der Waals surface area (Å²) in [5.74, 6) is 8.11. The largest absolute Gasteiger partial charge is 0.485 e. The first-order valence-corrected chi connectivity index (χ1v) is 7.03. The molecule has 3 N–H and O–H groups in total. The quantitative estimate of drug-likeness (QED) is 0.662. The minimum atomic E-state index is -0.330. The highest BCUT2D eigenvalue weighted by Gasteiger charge is 2.25. The number of aryl methyl sites for hydroxylation is 1. The van der Waals surface area contributed by atoms with Crippen LogP contribution in [0.2, 0.25) is 0 Å². The van der Waals surface area contributed by atoms with Crippen LogP contribution in [-0.2, 0) is 6.42 Å². The molecule has 0 radical (unpaired) electrons. The molecule has 1 atom stereocenters. The number of hydrogen-bond donors (Lipinski definition) is 2. The average molecular weight is 286 g/mol. The van der Waals surface area contributed by atoms with Gasteiger partial charge in [-0.1, -0.05) is 25.5 Å². The van der Waals surface area contributed by atoms with E-state index in [0.717, 1.165) is 24.3 Å². The van der Waals surface area contributed by atoms with E-state index in [4.69, 9.17) is 15.3 Å². The van der Waals surface area contributed by atoms with E-state index in [2.05, 4.69) is 22.3 Å². The monoisotopic (exact) mass is 286 g/mol. The number of hydrazine groups is 1. The molecule has 6 heteroatoms. The number of nitrogen functional groups attached to an aromatic ring is 1. The molecule has 0 spiro atoms. The van der Waals surface area contributed by atoms with Gasteiger partial charge in [-0.25, -0.2) is 15.8 Å². The Hall–Kier alpha value is -2.34. The molecule has 1 aliphatic rings. The van der Waals surface area contributed by atoms with Crippen LogP contribution in [0.15, 0.2) is 30.3 Å². The van der Waals surface area contributed by atoms with Crippen molar-refractivity contribution >= 4 is 5.82 Å². The van der Waals surface area contributed by atoms with E-state index in [-0.39, 0.29) is 6.10 Å². The van der Waals surface area contributed by atoms with Crippen LogP contribution in [0.1, 0.15) is 31.0 Å². The first-order chi connectivity index (χ1) is 10.3. The Morgan fingerprint density at radius 2 is 2.10 bits per heavy atom. The van der Waals surface area contributed by atoms with Gasteiger partial charge in [0.15, 0.2) is 23.4 Å². The lowest BCUT2D eigenvalue weighted by Gasteiger charge is -2.25. The van der Waals surface area contributed by atoms with Crippen LogP contribution in [0.4, 0.5) is 5.82 Å². The van der Waals surface area contributed by atoms with Crippen molar-refractivity contribution < 1.29 is 9.47 Å². The predicted octanol–water partition coefficient (Wildman–Crippen LogP) is 2.23. The molecule has 110 valence electrons. The average Bonchev–Trinajstić information content (AvgIpc) is 2.54. The van der Waals surface area contributed by atoms with Gasteiger partial charge in [0.05, 0.1) is 0 Å². The van der Waals surface area contributed by atoms with Gasteiger partial charge in [0, 0.05) is 11.8 Å². The summed E-state index contributed by atoms with van der Waals surface area (Å²) in [4.78, 5) is 8.93. The molecule has 0 saturated heterocycles. The summed E-state index contributed by atoms with van der Waals surface area (Å²) < 4.78 is 11.6. The molecule has 0 fully saturated rings. The summed E-state index contributed by atoms with van der Waals surface area (Å²) in [6.07, 6.45) is 1.54. The lowest BCUT2D eigenvalue weighted by Crippen LogP contribution is -2.24. The minimum Gasteiger partial charge on any atom is -0.485 e. The number of nitrogens with two attached hydrogens (primary N) is 1. The number of hydrogen-bond acceptors (Lipinski definition) is 6. The van der Waals surface area contributed by atoms with Gasteiger partial charge in [-0.3, -0.25) is 0 Å². The Morgan fingerprint density at radius 3 is 2.86 bits per heavy atom. The van der Waals surface area contributed by atoms with Crippen LogP contribution in [0.25, 0.3) is 0 Å². The topological polar surface area (TPSA) is 82.3 Å². The lowest BCUT2D eigenvalue weighted by atomic mass is 10.2. The molecular weight excluding hydrogens is 268 g/mol. The second kappa shape index (κ2) is 5.97. The van der Waals surface area contributed by atoms with Gasteiger partial charge in [-0.2, -0.15) is 0 Å². The first-order valence-electron chi connectivity index (χ1n) is 7.03. The summed E-state index contributed by atoms with van der Waals surface area (Å²) in [6.45, 7) is 2.49. The van der Waals surface area contributed by atoms with Crippen molar-refractivity contribution in [1.29, 1.82) is 0 Å². The van der Waals surface area contributed by atoms with Crippen molar-refractivity contribution in [2.75, 3.05) is 12.0 Å².